The number of phenols is 1. The zero-order valence-corrected chi connectivity index (χ0v) is 13.8. The quantitative estimate of drug-likeness (QED) is 0.497. The fraction of sp³-hybridized carbons (Fsp3) is 0.375. The number of piperidine rings is 1. The van der Waals surface area contributed by atoms with Gasteiger partial charge in [0.1, 0.15) is 5.75 Å². The first-order valence-electron chi connectivity index (χ1n) is 7.97. The number of hydrogen-bond donors (Lipinski definition) is 2. The van der Waals surface area contributed by atoms with E-state index in [-0.39, 0.29) is 23.4 Å². The van der Waals surface area contributed by atoms with Crippen LogP contribution in [0, 0.1) is 16.0 Å². The second-order valence-electron chi connectivity index (χ2n) is 6.03. The molecular formula is C16H19N5O4. The van der Waals surface area contributed by atoms with Crippen LogP contribution in [0.3, 0.4) is 0 Å². The first-order chi connectivity index (χ1) is 12.0. The van der Waals surface area contributed by atoms with E-state index in [1.54, 1.807) is 29.8 Å². The highest BCUT2D eigenvalue weighted by Crippen LogP contribution is 2.31. The number of phenolic OH excluding ortho intramolecular Hbond substituents is 1. The molecule has 0 saturated carbocycles. The number of anilines is 2. The number of imidazole rings is 1. The van der Waals surface area contributed by atoms with E-state index in [0.29, 0.717) is 37.4 Å². The van der Waals surface area contributed by atoms with Crippen molar-refractivity contribution in [3.8, 4) is 5.75 Å². The van der Waals surface area contributed by atoms with Gasteiger partial charge in [-0.15, -0.1) is 0 Å². The molecule has 2 N–H and O–H groups in total. The average molecular weight is 345 g/mol. The number of aromatic nitrogens is 2. The summed E-state index contributed by atoms with van der Waals surface area (Å²) < 4.78 is 1.63. The molecule has 1 aromatic heterocycles. The largest absolute Gasteiger partial charge is 0.506 e. The lowest BCUT2D eigenvalue weighted by molar-refractivity contribution is -0.388. The molecule has 1 aliphatic rings. The summed E-state index contributed by atoms with van der Waals surface area (Å²) in [5, 5.41) is 23.6. The molecule has 0 bridgehead atoms. The van der Waals surface area contributed by atoms with Crippen molar-refractivity contribution in [1.82, 2.24) is 9.55 Å². The third-order valence-corrected chi connectivity index (χ3v) is 4.39. The van der Waals surface area contributed by atoms with Gasteiger partial charge in [-0.05, 0) is 34.9 Å². The maximum atomic E-state index is 12.4. The predicted octanol–water partition coefficient (Wildman–Crippen LogP) is 1.89. The van der Waals surface area contributed by atoms with Gasteiger partial charge in [0.05, 0.1) is 5.69 Å². The van der Waals surface area contributed by atoms with Crippen LogP contribution >= 0.6 is 0 Å². The molecule has 0 spiro atoms. The maximum absolute atomic E-state index is 12.4. The predicted molar refractivity (Wildman–Crippen MR) is 91.5 cm³/mol. The van der Waals surface area contributed by atoms with E-state index < -0.39 is 4.92 Å². The lowest BCUT2D eigenvalue weighted by Gasteiger charge is -2.32. The number of hydrogen-bond acceptors (Lipinski definition) is 6. The molecule has 1 aliphatic heterocycles. The number of aromatic hydroxyl groups is 1. The molecule has 0 atom stereocenters. The number of amides is 1. The second kappa shape index (κ2) is 6.80. The number of nitrogens with one attached hydrogen (secondary N) is 1. The van der Waals surface area contributed by atoms with E-state index in [0.717, 1.165) is 0 Å². The summed E-state index contributed by atoms with van der Waals surface area (Å²) in [5.74, 6) is -0.0354. The maximum Gasteiger partial charge on any atom is 0.406 e. The van der Waals surface area contributed by atoms with Gasteiger partial charge in [-0.3, -0.25) is 9.36 Å². The first-order valence-corrected chi connectivity index (χ1v) is 7.97. The second-order valence-corrected chi connectivity index (χ2v) is 6.03. The van der Waals surface area contributed by atoms with Crippen molar-refractivity contribution in [2.45, 2.75) is 12.8 Å². The summed E-state index contributed by atoms with van der Waals surface area (Å²) in [6.07, 6.45) is 2.56. The zero-order chi connectivity index (χ0) is 18.0. The molecule has 9 nitrogen and oxygen atoms in total. The highest BCUT2D eigenvalue weighted by Gasteiger charge is 2.31. The smallest absolute Gasteiger partial charge is 0.406 e. The highest BCUT2D eigenvalue weighted by atomic mass is 16.6. The molecule has 2 aromatic rings. The van der Waals surface area contributed by atoms with E-state index in [4.69, 9.17) is 0 Å². The van der Waals surface area contributed by atoms with Crippen LogP contribution in [0.1, 0.15) is 12.8 Å². The average Bonchev–Trinajstić information content (AvgIpc) is 2.99. The first kappa shape index (κ1) is 16.7. The van der Waals surface area contributed by atoms with Crippen molar-refractivity contribution in [2.24, 2.45) is 13.0 Å². The van der Waals surface area contributed by atoms with Crippen LogP contribution in [0.25, 0.3) is 0 Å². The van der Waals surface area contributed by atoms with Crippen molar-refractivity contribution in [1.29, 1.82) is 0 Å². The zero-order valence-electron chi connectivity index (χ0n) is 13.8. The molecule has 25 heavy (non-hydrogen) atoms. The molecule has 9 heteroatoms. The number of nitro groups is 1. The molecule has 132 valence electrons. The van der Waals surface area contributed by atoms with Crippen LogP contribution in [0.5, 0.6) is 5.75 Å². The van der Waals surface area contributed by atoms with Gasteiger partial charge < -0.3 is 25.4 Å². The standard InChI is InChI=1S/C16H19N5O4/c1-19-10-17-14(21(24)25)16(19)20-8-6-11(7-9-20)15(23)18-12-4-2-3-5-13(12)22/h2-5,10-11,22H,6-9H2,1H3,(H,18,23). The number of aryl methyl sites for hydroxylation is 1. The van der Waals surface area contributed by atoms with Crippen molar-refractivity contribution < 1.29 is 14.8 Å². The van der Waals surface area contributed by atoms with Gasteiger partial charge in [0, 0.05) is 26.1 Å². The minimum Gasteiger partial charge on any atom is -0.506 e. The van der Waals surface area contributed by atoms with Gasteiger partial charge in [0.2, 0.25) is 18.1 Å². The molecule has 1 fully saturated rings. The molecular weight excluding hydrogens is 326 g/mol. The van der Waals surface area contributed by atoms with E-state index in [1.165, 1.54) is 12.4 Å². The fourth-order valence-corrected chi connectivity index (χ4v) is 3.07. The monoisotopic (exact) mass is 345 g/mol. The summed E-state index contributed by atoms with van der Waals surface area (Å²) in [6.45, 7) is 1.05. The molecule has 3 rings (SSSR count). The van der Waals surface area contributed by atoms with Crippen molar-refractivity contribution in [3.63, 3.8) is 0 Å². The van der Waals surface area contributed by atoms with Crippen molar-refractivity contribution in [3.05, 3.63) is 40.7 Å². The van der Waals surface area contributed by atoms with Gasteiger partial charge in [0.15, 0.2) is 0 Å². The van der Waals surface area contributed by atoms with Crippen molar-refractivity contribution in [2.75, 3.05) is 23.3 Å². The Morgan fingerprint density at radius 1 is 1.36 bits per heavy atom. The van der Waals surface area contributed by atoms with Crippen LogP contribution < -0.4 is 10.2 Å². The number of carbonyl (C=O) groups excluding carboxylic acids is 1. The van der Waals surface area contributed by atoms with Crippen LogP contribution in [-0.4, -0.2) is 38.6 Å². The topological polar surface area (TPSA) is 114 Å². The van der Waals surface area contributed by atoms with Gasteiger partial charge >= 0.3 is 5.82 Å². The summed E-state index contributed by atoms with van der Waals surface area (Å²) >= 11 is 0. The molecule has 0 radical (unpaired) electrons. The van der Waals surface area contributed by atoms with Gasteiger partial charge in [-0.25, -0.2) is 0 Å². The van der Waals surface area contributed by atoms with Crippen LogP contribution in [-0.2, 0) is 11.8 Å². The highest BCUT2D eigenvalue weighted by molar-refractivity contribution is 5.94. The van der Waals surface area contributed by atoms with E-state index in [9.17, 15) is 20.0 Å². The number of benzene rings is 1. The van der Waals surface area contributed by atoms with E-state index >= 15 is 0 Å². The SMILES string of the molecule is Cn1cnc([N+](=O)[O-])c1N1CCC(C(=O)Nc2ccccc2O)CC1. The summed E-state index contributed by atoms with van der Waals surface area (Å²) in [7, 11) is 1.71. The Hall–Kier alpha value is -3.10. The Labute approximate surface area is 144 Å². The van der Waals surface area contributed by atoms with Crippen LogP contribution in [0.4, 0.5) is 17.3 Å². The lowest BCUT2D eigenvalue weighted by Crippen LogP contribution is -2.39. The Bertz CT molecular complexity index is 796. The molecule has 0 aliphatic carbocycles. The van der Waals surface area contributed by atoms with Gasteiger partial charge in [0.25, 0.3) is 0 Å². The molecule has 0 unspecified atom stereocenters. The number of rotatable bonds is 4. The molecule has 1 saturated heterocycles. The van der Waals surface area contributed by atoms with Crippen molar-refractivity contribution >= 4 is 23.2 Å². The Morgan fingerprint density at radius 2 is 2.04 bits per heavy atom. The minimum atomic E-state index is -0.494. The van der Waals surface area contributed by atoms with Gasteiger partial charge in [-0.1, -0.05) is 12.1 Å². The Balaban J connectivity index is 1.64. The summed E-state index contributed by atoms with van der Waals surface area (Å²) in [6, 6.07) is 6.57. The number of carbonyl (C=O) groups is 1. The molecule has 1 amide bonds. The van der Waals surface area contributed by atoms with Crippen LogP contribution in [0.15, 0.2) is 30.6 Å². The molecule has 2 heterocycles. The number of nitrogens with zero attached hydrogens (tertiary/aromatic N) is 4. The normalized spacial score (nSPS) is 15.2. The number of para-hydroxylation sites is 2. The fourth-order valence-electron chi connectivity index (χ4n) is 3.07. The van der Waals surface area contributed by atoms with E-state index in [1.807, 2.05) is 4.90 Å². The Kier molecular flexibility index (Phi) is 4.55. The minimum absolute atomic E-state index is 0.0267. The Morgan fingerprint density at radius 3 is 2.68 bits per heavy atom. The summed E-state index contributed by atoms with van der Waals surface area (Å²) in [5.41, 5.74) is 0.386. The van der Waals surface area contributed by atoms with E-state index in [2.05, 4.69) is 10.3 Å². The molecule has 1 aromatic carbocycles. The lowest BCUT2D eigenvalue weighted by atomic mass is 9.95. The summed E-state index contributed by atoms with van der Waals surface area (Å²) in [4.78, 5) is 28.7. The third kappa shape index (κ3) is 3.39. The third-order valence-electron chi connectivity index (χ3n) is 4.39. The van der Waals surface area contributed by atoms with Gasteiger partial charge in [-0.2, -0.15) is 0 Å². The van der Waals surface area contributed by atoms with Crippen LogP contribution in [0.2, 0.25) is 0 Å².